The summed E-state index contributed by atoms with van der Waals surface area (Å²) in [5.74, 6) is 0. The summed E-state index contributed by atoms with van der Waals surface area (Å²) in [5.41, 5.74) is -0.0405. The van der Waals surface area contributed by atoms with Gasteiger partial charge in [0.05, 0.1) is 0 Å². The second-order valence-corrected chi connectivity index (χ2v) is 3.22. The quantitative estimate of drug-likeness (QED) is 0.514. The minimum atomic E-state index is -1.41. The molecule has 0 saturated heterocycles. The first-order valence-corrected chi connectivity index (χ1v) is 2.76. The highest BCUT2D eigenvalue weighted by Gasteiger charge is 2.14. The van der Waals surface area contributed by atoms with Gasteiger partial charge >= 0.3 is 0 Å². The van der Waals surface area contributed by atoms with E-state index in [2.05, 4.69) is 0 Å². The molecule has 0 spiro atoms. The molecule has 0 rings (SSSR count). The number of hydrogen-bond acceptors (Lipinski definition) is 1. The van der Waals surface area contributed by atoms with Gasteiger partial charge in [0, 0.05) is 6.42 Å². The van der Waals surface area contributed by atoms with E-state index in [0.29, 0.717) is 6.42 Å². The van der Waals surface area contributed by atoms with E-state index in [-0.39, 0.29) is 5.41 Å². The van der Waals surface area contributed by atoms with Crippen LogP contribution in [-0.4, -0.2) is 11.4 Å². The standard InChI is InChI=1S/C6H13O2/c1-6(2,3)4-5(7)8/h5,7H,4H2,1-3H3. The van der Waals surface area contributed by atoms with Crippen LogP contribution in [0.15, 0.2) is 0 Å². The van der Waals surface area contributed by atoms with Crippen LogP contribution in [0, 0.1) is 5.41 Å². The SMILES string of the molecule is CC(C)(C)CC([O])O. The van der Waals surface area contributed by atoms with Gasteiger partial charge in [-0.3, -0.25) is 0 Å². The summed E-state index contributed by atoms with van der Waals surface area (Å²) in [5, 5.41) is 18.4. The predicted molar refractivity (Wildman–Crippen MR) is 30.8 cm³/mol. The number of hydrogen-bond donors (Lipinski definition) is 1. The van der Waals surface area contributed by atoms with Gasteiger partial charge < -0.3 is 5.11 Å². The molecule has 0 fully saturated rings. The molecule has 0 aromatic heterocycles. The lowest BCUT2D eigenvalue weighted by Crippen LogP contribution is -2.15. The fourth-order valence-electron chi connectivity index (χ4n) is 0.524. The molecule has 0 aromatic rings. The summed E-state index contributed by atoms with van der Waals surface area (Å²) in [6, 6.07) is 0. The van der Waals surface area contributed by atoms with E-state index in [1.807, 2.05) is 20.8 Å². The Kier molecular flexibility index (Phi) is 2.44. The van der Waals surface area contributed by atoms with Crippen molar-refractivity contribution in [2.45, 2.75) is 33.5 Å². The van der Waals surface area contributed by atoms with Gasteiger partial charge in [0.2, 0.25) is 0 Å². The van der Waals surface area contributed by atoms with Gasteiger partial charge in [0.1, 0.15) is 0 Å². The largest absolute Gasteiger partial charge is 0.366 e. The molecule has 0 amide bonds. The summed E-state index contributed by atoms with van der Waals surface area (Å²) in [6.07, 6.45) is -1.08. The maximum atomic E-state index is 10.1. The van der Waals surface area contributed by atoms with Gasteiger partial charge in [-0.05, 0) is 5.41 Å². The van der Waals surface area contributed by atoms with Gasteiger partial charge in [-0.25, -0.2) is 5.11 Å². The molecular weight excluding hydrogens is 104 g/mol. The van der Waals surface area contributed by atoms with Crippen molar-refractivity contribution in [3.05, 3.63) is 0 Å². The summed E-state index contributed by atoms with van der Waals surface area (Å²) < 4.78 is 0. The van der Waals surface area contributed by atoms with Crippen LogP contribution in [0.5, 0.6) is 0 Å². The maximum absolute atomic E-state index is 10.1. The van der Waals surface area contributed by atoms with Crippen molar-refractivity contribution >= 4 is 0 Å². The van der Waals surface area contributed by atoms with E-state index in [9.17, 15) is 5.11 Å². The van der Waals surface area contributed by atoms with Gasteiger partial charge in [-0.15, -0.1) is 0 Å². The zero-order valence-corrected chi connectivity index (χ0v) is 5.64. The van der Waals surface area contributed by atoms with E-state index in [0.717, 1.165) is 0 Å². The van der Waals surface area contributed by atoms with Crippen molar-refractivity contribution in [3.8, 4) is 0 Å². The molecule has 2 heteroatoms. The Hall–Kier alpha value is -0.0800. The minimum absolute atomic E-state index is 0.0405. The lowest BCUT2D eigenvalue weighted by molar-refractivity contribution is -0.112. The molecule has 8 heavy (non-hydrogen) atoms. The molecule has 0 heterocycles. The van der Waals surface area contributed by atoms with Crippen LogP contribution in [0.2, 0.25) is 0 Å². The van der Waals surface area contributed by atoms with Gasteiger partial charge in [-0.2, -0.15) is 0 Å². The molecule has 0 aromatic carbocycles. The minimum Gasteiger partial charge on any atom is -0.366 e. The summed E-state index contributed by atoms with van der Waals surface area (Å²) in [4.78, 5) is 0. The highest BCUT2D eigenvalue weighted by atomic mass is 16.5. The highest BCUT2D eigenvalue weighted by molar-refractivity contribution is 4.60. The summed E-state index contributed by atoms with van der Waals surface area (Å²) in [7, 11) is 0. The number of aliphatic hydroxyl groups is 1. The third-order valence-electron chi connectivity index (χ3n) is 0.787. The van der Waals surface area contributed by atoms with E-state index in [1.54, 1.807) is 0 Å². The zero-order valence-electron chi connectivity index (χ0n) is 5.64. The van der Waals surface area contributed by atoms with Crippen LogP contribution >= 0.6 is 0 Å². The topological polar surface area (TPSA) is 40.1 Å². The average molecular weight is 117 g/mol. The first-order chi connectivity index (χ1) is 3.42. The van der Waals surface area contributed by atoms with Gasteiger partial charge in [-0.1, -0.05) is 20.8 Å². The van der Waals surface area contributed by atoms with Crippen molar-refractivity contribution < 1.29 is 10.2 Å². The van der Waals surface area contributed by atoms with Crippen LogP contribution in [0.3, 0.4) is 0 Å². The molecule has 1 atom stereocenters. The summed E-state index contributed by atoms with van der Waals surface area (Å²) >= 11 is 0. The van der Waals surface area contributed by atoms with E-state index < -0.39 is 6.29 Å². The Morgan fingerprint density at radius 3 is 1.88 bits per heavy atom. The van der Waals surface area contributed by atoms with Crippen LogP contribution in [-0.2, 0) is 5.11 Å². The second kappa shape index (κ2) is 2.46. The maximum Gasteiger partial charge on any atom is 0.189 e. The highest BCUT2D eigenvalue weighted by Crippen LogP contribution is 2.19. The van der Waals surface area contributed by atoms with Crippen molar-refractivity contribution in [2.24, 2.45) is 5.41 Å². The normalized spacial score (nSPS) is 12.8. The van der Waals surface area contributed by atoms with E-state index in [4.69, 9.17) is 5.11 Å². The molecule has 0 aliphatic carbocycles. The third-order valence-corrected chi connectivity index (χ3v) is 0.787. The Bertz CT molecular complexity index is 61.4. The zero-order chi connectivity index (χ0) is 6.78. The van der Waals surface area contributed by atoms with Crippen LogP contribution in [0.4, 0.5) is 0 Å². The lowest BCUT2D eigenvalue weighted by Gasteiger charge is -2.17. The van der Waals surface area contributed by atoms with Crippen molar-refractivity contribution in [3.63, 3.8) is 0 Å². The molecule has 0 saturated carbocycles. The molecule has 0 bridgehead atoms. The Morgan fingerprint density at radius 2 is 1.88 bits per heavy atom. The molecule has 0 aliphatic heterocycles. The Balaban J connectivity index is 3.39. The number of rotatable bonds is 1. The third kappa shape index (κ3) is 5.92. The smallest absolute Gasteiger partial charge is 0.189 e. The Labute approximate surface area is 50.2 Å². The first-order valence-electron chi connectivity index (χ1n) is 2.76. The molecule has 0 aliphatic rings. The van der Waals surface area contributed by atoms with E-state index >= 15 is 0 Å². The van der Waals surface area contributed by atoms with Crippen molar-refractivity contribution in [1.29, 1.82) is 0 Å². The van der Waals surface area contributed by atoms with Crippen LogP contribution in [0.25, 0.3) is 0 Å². The lowest BCUT2D eigenvalue weighted by atomic mass is 9.92. The predicted octanol–water partition coefficient (Wildman–Crippen LogP) is 1.17. The molecular formula is C6H13O2. The fourth-order valence-corrected chi connectivity index (χ4v) is 0.524. The van der Waals surface area contributed by atoms with Crippen molar-refractivity contribution in [2.75, 3.05) is 0 Å². The molecule has 2 nitrogen and oxygen atoms in total. The number of aliphatic hydroxyl groups excluding tert-OH is 1. The van der Waals surface area contributed by atoms with Gasteiger partial charge in [0.15, 0.2) is 6.29 Å². The molecule has 1 radical (unpaired) electrons. The fraction of sp³-hybridized carbons (Fsp3) is 1.00. The second-order valence-electron chi connectivity index (χ2n) is 3.22. The summed E-state index contributed by atoms with van der Waals surface area (Å²) in [6.45, 7) is 5.77. The van der Waals surface area contributed by atoms with Crippen LogP contribution in [0.1, 0.15) is 27.2 Å². The monoisotopic (exact) mass is 117 g/mol. The van der Waals surface area contributed by atoms with Gasteiger partial charge in [0.25, 0.3) is 0 Å². The first kappa shape index (κ1) is 7.92. The molecule has 1 unspecified atom stereocenters. The average Bonchev–Trinajstić information content (AvgIpc) is 1.21. The Morgan fingerprint density at radius 1 is 1.50 bits per heavy atom. The van der Waals surface area contributed by atoms with Crippen LogP contribution < -0.4 is 0 Å². The molecule has 49 valence electrons. The van der Waals surface area contributed by atoms with E-state index in [1.165, 1.54) is 0 Å². The molecule has 1 N–H and O–H groups in total. The van der Waals surface area contributed by atoms with Crippen molar-refractivity contribution in [1.82, 2.24) is 0 Å².